The maximum Gasteiger partial charge on any atom is 0.225 e. The molecule has 4 nitrogen and oxygen atoms in total. The Hall–Kier alpha value is -2.17. The zero-order valence-electron chi connectivity index (χ0n) is 13.5. The maximum atomic E-state index is 5.75. The molecule has 1 aliphatic heterocycles. The Bertz CT molecular complexity index is 652. The Morgan fingerprint density at radius 1 is 1.04 bits per heavy atom. The van der Waals surface area contributed by atoms with Gasteiger partial charge in [0.1, 0.15) is 0 Å². The first-order chi connectivity index (χ1) is 11.3. The topological polar surface area (TPSA) is 50.9 Å². The number of unbranched alkanes of at least 4 members (excludes halogenated alkanes) is 1. The van der Waals surface area contributed by atoms with Gasteiger partial charge in [-0.2, -0.15) is 0 Å². The molecule has 0 aliphatic carbocycles. The molecule has 0 spiro atoms. The monoisotopic (exact) mass is 309 g/mol. The second-order valence-corrected chi connectivity index (χ2v) is 5.67. The highest BCUT2D eigenvalue weighted by atomic mass is 16.7. The van der Waals surface area contributed by atoms with Gasteiger partial charge in [-0.05, 0) is 23.1 Å². The molecule has 1 aliphatic rings. The minimum atomic E-state index is -0.0927. The van der Waals surface area contributed by atoms with Gasteiger partial charge in [-0.25, -0.2) is 4.99 Å². The second-order valence-electron chi connectivity index (χ2n) is 5.67. The van der Waals surface area contributed by atoms with Gasteiger partial charge in [0.05, 0.1) is 6.54 Å². The van der Waals surface area contributed by atoms with E-state index in [2.05, 4.69) is 60.4 Å². The Morgan fingerprint density at radius 3 is 2.39 bits per heavy atom. The highest BCUT2D eigenvalue weighted by Gasteiger charge is 2.28. The van der Waals surface area contributed by atoms with Gasteiger partial charge in [0, 0.05) is 6.54 Å². The average Bonchev–Trinajstić information content (AvgIpc) is 3.04. The van der Waals surface area contributed by atoms with Crippen molar-refractivity contribution < 1.29 is 4.84 Å². The van der Waals surface area contributed by atoms with Crippen molar-refractivity contribution in [3.8, 4) is 11.1 Å². The van der Waals surface area contributed by atoms with Crippen LogP contribution < -0.4 is 5.73 Å². The van der Waals surface area contributed by atoms with Gasteiger partial charge in [-0.15, -0.1) is 5.06 Å². The van der Waals surface area contributed by atoms with E-state index in [-0.39, 0.29) is 6.17 Å². The molecule has 4 heteroatoms. The number of benzene rings is 2. The first-order valence-corrected chi connectivity index (χ1v) is 8.18. The second kappa shape index (κ2) is 7.40. The summed E-state index contributed by atoms with van der Waals surface area (Å²) in [5, 5.41) is 1.93. The maximum absolute atomic E-state index is 5.75. The van der Waals surface area contributed by atoms with E-state index in [1.807, 2.05) is 11.1 Å². The van der Waals surface area contributed by atoms with E-state index in [9.17, 15) is 0 Å². The zero-order chi connectivity index (χ0) is 16.1. The van der Waals surface area contributed by atoms with Crippen LogP contribution in [0.25, 0.3) is 11.1 Å². The molecule has 3 rings (SSSR count). The summed E-state index contributed by atoms with van der Waals surface area (Å²) in [6.07, 6.45) is 2.11. The Labute approximate surface area is 137 Å². The number of hydroxylamine groups is 2. The molecule has 0 unspecified atom stereocenters. The quantitative estimate of drug-likeness (QED) is 0.884. The molecule has 1 atom stereocenters. The van der Waals surface area contributed by atoms with Gasteiger partial charge in [-0.3, -0.25) is 0 Å². The third kappa shape index (κ3) is 3.60. The highest BCUT2D eigenvalue weighted by molar-refractivity contribution is 5.79. The van der Waals surface area contributed by atoms with Crippen LogP contribution in [-0.2, 0) is 4.84 Å². The fourth-order valence-corrected chi connectivity index (χ4v) is 2.70. The van der Waals surface area contributed by atoms with Gasteiger partial charge in [0.2, 0.25) is 5.90 Å². The summed E-state index contributed by atoms with van der Waals surface area (Å²) in [6.45, 7) is 3.36. The first-order valence-electron chi connectivity index (χ1n) is 8.18. The van der Waals surface area contributed by atoms with E-state index in [0.717, 1.165) is 24.9 Å². The molecule has 0 fully saturated rings. The van der Waals surface area contributed by atoms with Gasteiger partial charge in [0.25, 0.3) is 0 Å². The van der Waals surface area contributed by atoms with Crippen molar-refractivity contribution in [1.29, 1.82) is 0 Å². The summed E-state index contributed by atoms with van der Waals surface area (Å²) < 4.78 is 0. The molecule has 2 N–H and O–H groups in total. The lowest BCUT2D eigenvalue weighted by atomic mass is 10.0. The minimum Gasteiger partial charge on any atom is -0.387 e. The standard InChI is InChI=1S/C19H23N3O/c1-2-3-13-22-19(21-18(14-20)23-22)17-11-9-16(10-12-17)15-7-5-4-6-8-15/h4-12,19H,2-3,13-14,20H2,1H3/t19-/m1/s1. The normalized spacial score (nSPS) is 17.8. The van der Waals surface area contributed by atoms with E-state index in [0.29, 0.717) is 12.4 Å². The molecule has 0 bridgehead atoms. The van der Waals surface area contributed by atoms with Crippen LogP contribution in [0, 0.1) is 0 Å². The molecule has 2 aromatic rings. The lowest BCUT2D eigenvalue weighted by molar-refractivity contribution is -0.0862. The van der Waals surface area contributed by atoms with Crippen LogP contribution in [-0.4, -0.2) is 24.1 Å². The Kier molecular flexibility index (Phi) is 5.05. The number of hydrogen-bond acceptors (Lipinski definition) is 4. The third-order valence-electron chi connectivity index (χ3n) is 3.98. The largest absolute Gasteiger partial charge is 0.387 e. The number of aliphatic imine (C=N–C) groups is 1. The molecule has 120 valence electrons. The molecule has 0 saturated heterocycles. The number of rotatable bonds is 6. The van der Waals surface area contributed by atoms with Crippen LogP contribution >= 0.6 is 0 Å². The van der Waals surface area contributed by atoms with Crippen LogP contribution in [0.3, 0.4) is 0 Å². The smallest absolute Gasteiger partial charge is 0.225 e. The summed E-state index contributed by atoms with van der Waals surface area (Å²) >= 11 is 0. The summed E-state index contributed by atoms with van der Waals surface area (Å²) in [5.74, 6) is 0.609. The molecular weight excluding hydrogens is 286 g/mol. The van der Waals surface area contributed by atoms with Crippen LogP contribution in [0.2, 0.25) is 0 Å². The summed E-state index contributed by atoms with van der Waals surface area (Å²) in [5.41, 5.74) is 9.23. The highest BCUT2D eigenvalue weighted by Crippen LogP contribution is 2.30. The third-order valence-corrected chi connectivity index (χ3v) is 3.98. The van der Waals surface area contributed by atoms with Crippen LogP contribution in [0.1, 0.15) is 31.5 Å². The fraction of sp³-hybridized carbons (Fsp3) is 0.316. The SMILES string of the molecule is CCCCN1OC(CN)=N[C@H]1c1ccc(-c2ccccc2)cc1. The van der Waals surface area contributed by atoms with Crippen molar-refractivity contribution in [2.75, 3.05) is 13.1 Å². The van der Waals surface area contributed by atoms with Crippen molar-refractivity contribution in [3.05, 3.63) is 60.2 Å². The van der Waals surface area contributed by atoms with Crippen molar-refractivity contribution in [3.63, 3.8) is 0 Å². The summed E-state index contributed by atoms with van der Waals surface area (Å²) in [7, 11) is 0. The lowest BCUT2D eigenvalue weighted by Crippen LogP contribution is -2.26. The van der Waals surface area contributed by atoms with Crippen molar-refractivity contribution in [2.24, 2.45) is 10.7 Å². The zero-order valence-corrected chi connectivity index (χ0v) is 13.5. The van der Waals surface area contributed by atoms with Crippen molar-refractivity contribution in [2.45, 2.75) is 25.9 Å². The predicted octanol–water partition coefficient (Wildman–Crippen LogP) is 3.76. The van der Waals surface area contributed by atoms with Crippen LogP contribution in [0.5, 0.6) is 0 Å². The Balaban J connectivity index is 1.80. The van der Waals surface area contributed by atoms with Gasteiger partial charge in [0.15, 0.2) is 6.17 Å². The van der Waals surface area contributed by atoms with E-state index in [1.165, 1.54) is 11.1 Å². The van der Waals surface area contributed by atoms with E-state index in [4.69, 9.17) is 10.6 Å². The summed E-state index contributed by atoms with van der Waals surface area (Å²) in [6, 6.07) is 18.9. The molecule has 0 saturated carbocycles. The van der Waals surface area contributed by atoms with Crippen LogP contribution in [0.4, 0.5) is 0 Å². The minimum absolute atomic E-state index is 0.0927. The van der Waals surface area contributed by atoms with Gasteiger partial charge in [-0.1, -0.05) is 67.9 Å². The first kappa shape index (κ1) is 15.7. The van der Waals surface area contributed by atoms with Crippen molar-refractivity contribution in [1.82, 2.24) is 5.06 Å². The van der Waals surface area contributed by atoms with Gasteiger partial charge < -0.3 is 10.6 Å². The molecule has 1 heterocycles. The molecular formula is C19H23N3O. The van der Waals surface area contributed by atoms with E-state index < -0.39 is 0 Å². The fourth-order valence-electron chi connectivity index (χ4n) is 2.70. The lowest BCUT2D eigenvalue weighted by Gasteiger charge is -2.21. The van der Waals surface area contributed by atoms with Crippen LogP contribution in [0.15, 0.2) is 59.6 Å². The van der Waals surface area contributed by atoms with Crippen molar-refractivity contribution >= 4 is 5.90 Å². The molecule has 0 aromatic heterocycles. The summed E-state index contributed by atoms with van der Waals surface area (Å²) in [4.78, 5) is 10.4. The van der Waals surface area contributed by atoms with E-state index >= 15 is 0 Å². The Morgan fingerprint density at radius 2 is 1.74 bits per heavy atom. The predicted molar refractivity (Wildman–Crippen MR) is 93.8 cm³/mol. The number of nitrogens with two attached hydrogens (primary N) is 1. The molecule has 0 amide bonds. The molecule has 2 aromatic carbocycles. The number of nitrogens with zero attached hydrogens (tertiary/aromatic N) is 2. The molecule has 23 heavy (non-hydrogen) atoms. The molecule has 0 radical (unpaired) electrons. The average molecular weight is 309 g/mol. The van der Waals surface area contributed by atoms with E-state index in [1.54, 1.807) is 0 Å². The van der Waals surface area contributed by atoms with Gasteiger partial charge >= 0.3 is 0 Å². The number of hydrogen-bond donors (Lipinski definition) is 1.